The van der Waals surface area contributed by atoms with Crippen molar-refractivity contribution in [3.8, 4) is 0 Å². The molecule has 0 bridgehead atoms. The molecule has 0 aliphatic carbocycles. The van der Waals surface area contributed by atoms with E-state index in [1.165, 1.54) is 12.1 Å². The van der Waals surface area contributed by atoms with Crippen molar-refractivity contribution in [2.45, 2.75) is 6.92 Å². The second kappa shape index (κ2) is 4.31. The molecule has 0 fully saturated rings. The molecule has 0 aliphatic rings. The van der Waals surface area contributed by atoms with Gasteiger partial charge in [0.25, 0.3) is 0 Å². The second-order valence-corrected chi connectivity index (χ2v) is 5.50. The molecule has 1 rings (SSSR count). The van der Waals surface area contributed by atoms with Crippen molar-refractivity contribution in [3.05, 3.63) is 28.3 Å². The fourth-order valence-corrected chi connectivity index (χ4v) is 2.17. The van der Waals surface area contributed by atoms with Gasteiger partial charge in [0.2, 0.25) is 10.0 Å². The van der Waals surface area contributed by atoms with Gasteiger partial charge in [0, 0.05) is 0 Å². The number of carboxylic acids is 1. The lowest BCUT2D eigenvalue weighted by atomic mass is 10.1. The van der Waals surface area contributed by atoms with E-state index in [4.69, 9.17) is 16.7 Å². The predicted octanol–water partition coefficient (Wildman–Crippen LogP) is 1.72. The van der Waals surface area contributed by atoms with Gasteiger partial charge in [-0.3, -0.25) is 4.72 Å². The maximum absolute atomic E-state index is 11.0. The first kappa shape index (κ1) is 12.8. The zero-order valence-corrected chi connectivity index (χ0v) is 10.2. The Bertz CT molecular complexity index is 539. The Morgan fingerprint density at radius 2 is 2.00 bits per heavy atom. The number of aryl methyl sites for hydroxylation is 1. The van der Waals surface area contributed by atoms with Crippen molar-refractivity contribution in [2.24, 2.45) is 0 Å². The molecule has 5 nitrogen and oxygen atoms in total. The number of hydrogen-bond acceptors (Lipinski definition) is 3. The molecule has 0 heterocycles. The van der Waals surface area contributed by atoms with Crippen LogP contribution in [-0.4, -0.2) is 25.7 Å². The molecular formula is C9H10ClNO4S. The van der Waals surface area contributed by atoms with Crippen molar-refractivity contribution in [1.82, 2.24) is 0 Å². The minimum Gasteiger partial charge on any atom is -0.478 e. The van der Waals surface area contributed by atoms with Crippen molar-refractivity contribution in [3.63, 3.8) is 0 Å². The molecule has 0 radical (unpaired) electrons. The molecule has 88 valence electrons. The number of sulfonamides is 1. The van der Waals surface area contributed by atoms with Gasteiger partial charge in [-0.15, -0.1) is 0 Å². The normalized spacial score (nSPS) is 11.2. The van der Waals surface area contributed by atoms with Crippen LogP contribution in [0, 0.1) is 6.92 Å². The summed E-state index contributed by atoms with van der Waals surface area (Å²) in [6.45, 7) is 1.67. The second-order valence-electron chi connectivity index (χ2n) is 3.35. The SMILES string of the molecule is Cc1cc(Cl)c(NS(C)(=O)=O)c(C(=O)O)c1. The Morgan fingerprint density at radius 3 is 2.44 bits per heavy atom. The first-order valence-electron chi connectivity index (χ1n) is 4.22. The van der Waals surface area contributed by atoms with Gasteiger partial charge in [0.05, 0.1) is 22.5 Å². The monoisotopic (exact) mass is 263 g/mol. The molecule has 0 saturated heterocycles. The van der Waals surface area contributed by atoms with Crippen LogP contribution in [0.3, 0.4) is 0 Å². The van der Waals surface area contributed by atoms with Crippen LogP contribution in [-0.2, 0) is 10.0 Å². The molecule has 0 aliphatic heterocycles. The summed E-state index contributed by atoms with van der Waals surface area (Å²) in [6.07, 6.45) is 0.925. The van der Waals surface area contributed by atoms with Crippen LogP contribution < -0.4 is 4.72 Å². The summed E-state index contributed by atoms with van der Waals surface area (Å²) in [6, 6.07) is 2.84. The van der Waals surface area contributed by atoms with E-state index in [0.717, 1.165) is 6.26 Å². The summed E-state index contributed by atoms with van der Waals surface area (Å²) >= 11 is 5.79. The number of carbonyl (C=O) groups is 1. The fraction of sp³-hybridized carbons (Fsp3) is 0.222. The van der Waals surface area contributed by atoms with Crippen molar-refractivity contribution in [1.29, 1.82) is 0 Å². The van der Waals surface area contributed by atoms with Gasteiger partial charge in [-0.1, -0.05) is 11.6 Å². The molecule has 0 atom stereocenters. The summed E-state index contributed by atoms with van der Waals surface area (Å²) in [5.41, 5.74) is 0.360. The van der Waals surface area contributed by atoms with Gasteiger partial charge in [-0.2, -0.15) is 0 Å². The highest BCUT2D eigenvalue weighted by Gasteiger charge is 2.17. The maximum Gasteiger partial charge on any atom is 0.337 e. The molecule has 16 heavy (non-hydrogen) atoms. The van der Waals surface area contributed by atoms with E-state index in [1.807, 2.05) is 0 Å². The Labute approximate surface area is 98.1 Å². The minimum atomic E-state index is -3.57. The first-order valence-corrected chi connectivity index (χ1v) is 6.49. The first-order chi connectivity index (χ1) is 7.20. The Kier molecular flexibility index (Phi) is 3.44. The highest BCUT2D eigenvalue weighted by molar-refractivity contribution is 7.92. The molecule has 0 amide bonds. The largest absolute Gasteiger partial charge is 0.478 e. The summed E-state index contributed by atoms with van der Waals surface area (Å²) in [5, 5.41) is 8.98. The Hall–Kier alpha value is -1.27. The summed E-state index contributed by atoms with van der Waals surface area (Å²) in [7, 11) is -3.57. The lowest BCUT2D eigenvalue weighted by molar-refractivity contribution is 0.0698. The van der Waals surface area contributed by atoms with E-state index >= 15 is 0 Å². The van der Waals surface area contributed by atoms with Gasteiger partial charge < -0.3 is 5.11 Å². The fourth-order valence-electron chi connectivity index (χ4n) is 1.20. The summed E-state index contributed by atoms with van der Waals surface area (Å²) < 4.78 is 24.2. The molecule has 0 saturated carbocycles. The lowest BCUT2D eigenvalue weighted by Crippen LogP contribution is -2.14. The van der Waals surface area contributed by atoms with Gasteiger partial charge >= 0.3 is 5.97 Å². The lowest BCUT2D eigenvalue weighted by Gasteiger charge is -2.10. The van der Waals surface area contributed by atoms with Gasteiger partial charge in [0.15, 0.2) is 0 Å². The minimum absolute atomic E-state index is 0.0582. The van der Waals surface area contributed by atoms with Crippen molar-refractivity contribution >= 4 is 33.3 Å². The van der Waals surface area contributed by atoms with E-state index < -0.39 is 16.0 Å². The third-order valence-electron chi connectivity index (χ3n) is 1.75. The zero-order valence-electron chi connectivity index (χ0n) is 8.61. The van der Waals surface area contributed by atoms with E-state index in [9.17, 15) is 13.2 Å². The van der Waals surface area contributed by atoms with Crippen LogP contribution in [0.1, 0.15) is 15.9 Å². The van der Waals surface area contributed by atoms with Crippen LogP contribution in [0.15, 0.2) is 12.1 Å². The Balaban J connectivity index is 3.41. The number of anilines is 1. The van der Waals surface area contributed by atoms with Crippen LogP contribution in [0.2, 0.25) is 5.02 Å². The molecule has 1 aromatic carbocycles. The van der Waals surface area contributed by atoms with E-state index in [0.29, 0.717) is 5.56 Å². The summed E-state index contributed by atoms with van der Waals surface area (Å²) in [4.78, 5) is 10.9. The topological polar surface area (TPSA) is 83.5 Å². The number of benzene rings is 1. The van der Waals surface area contributed by atoms with Crippen molar-refractivity contribution in [2.75, 3.05) is 11.0 Å². The number of rotatable bonds is 3. The van der Waals surface area contributed by atoms with E-state index in [1.54, 1.807) is 6.92 Å². The molecule has 2 N–H and O–H groups in total. The van der Waals surface area contributed by atoms with Gasteiger partial charge in [0.1, 0.15) is 0 Å². The molecular weight excluding hydrogens is 254 g/mol. The molecule has 0 aromatic heterocycles. The number of carboxylic acid groups (broad SMARTS) is 1. The third kappa shape index (κ3) is 3.11. The van der Waals surface area contributed by atoms with E-state index in [2.05, 4.69) is 4.72 Å². The van der Waals surface area contributed by atoms with Gasteiger partial charge in [-0.05, 0) is 24.6 Å². The van der Waals surface area contributed by atoms with Crippen LogP contribution >= 0.6 is 11.6 Å². The van der Waals surface area contributed by atoms with Crippen LogP contribution in [0.4, 0.5) is 5.69 Å². The standard InChI is InChI=1S/C9H10ClNO4S/c1-5-3-6(9(12)13)8(7(10)4-5)11-16(2,14)15/h3-4,11H,1-2H3,(H,12,13). The molecule has 1 aromatic rings. The quantitative estimate of drug-likeness (QED) is 0.870. The molecule has 0 spiro atoms. The highest BCUT2D eigenvalue weighted by atomic mass is 35.5. The summed E-state index contributed by atoms with van der Waals surface area (Å²) in [5.74, 6) is -1.24. The predicted molar refractivity (Wildman–Crippen MR) is 61.6 cm³/mol. The number of nitrogens with one attached hydrogen (secondary N) is 1. The highest BCUT2D eigenvalue weighted by Crippen LogP contribution is 2.28. The third-order valence-corrected chi connectivity index (χ3v) is 2.63. The van der Waals surface area contributed by atoms with Crippen molar-refractivity contribution < 1.29 is 18.3 Å². The maximum atomic E-state index is 11.0. The Morgan fingerprint density at radius 1 is 1.44 bits per heavy atom. The number of hydrogen-bond donors (Lipinski definition) is 2. The van der Waals surface area contributed by atoms with Gasteiger partial charge in [-0.25, -0.2) is 13.2 Å². The smallest absolute Gasteiger partial charge is 0.337 e. The zero-order chi connectivity index (χ0) is 12.5. The molecule has 7 heteroatoms. The molecule has 0 unspecified atom stereocenters. The number of aromatic carboxylic acids is 1. The average Bonchev–Trinajstić information content (AvgIpc) is 2.07. The number of halogens is 1. The van der Waals surface area contributed by atoms with Crippen LogP contribution in [0.5, 0.6) is 0 Å². The average molecular weight is 264 g/mol. The van der Waals surface area contributed by atoms with Crippen LogP contribution in [0.25, 0.3) is 0 Å². The van der Waals surface area contributed by atoms with E-state index in [-0.39, 0.29) is 16.3 Å².